The molecule has 0 aliphatic carbocycles. The minimum absolute atomic E-state index is 0.174. The second-order valence-electron chi connectivity index (χ2n) is 4.79. The van der Waals surface area contributed by atoms with Crippen LogP contribution in [0.2, 0.25) is 5.02 Å². The maximum Gasteiger partial charge on any atom is 0.0912 e. The Hall–Kier alpha value is -0.640. The van der Waals surface area contributed by atoms with Crippen molar-refractivity contribution >= 4 is 11.6 Å². The lowest BCUT2D eigenvalue weighted by Gasteiger charge is -2.35. The van der Waals surface area contributed by atoms with E-state index in [1.54, 1.807) is 0 Å². The molecule has 1 aliphatic heterocycles. The van der Waals surface area contributed by atoms with E-state index in [1.807, 2.05) is 19.1 Å². The molecule has 1 N–H and O–H groups in total. The van der Waals surface area contributed by atoms with E-state index in [9.17, 15) is 4.39 Å². The number of piperazine rings is 1. The van der Waals surface area contributed by atoms with Gasteiger partial charge in [-0.1, -0.05) is 23.7 Å². The largest absolute Gasteiger partial charge is 0.314 e. The summed E-state index contributed by atoms with van der Waals surface area (Å²) in [7, 11) is 0. The maximum absolute atomic E-state index is 12.8. The Kier molecular flexibility index (Phi) is 4.98. The van der Waals surface area contributed by atoms with Crippen molar-refractivity contribution < 1.29 is 4.39 Å². The standard InChI is InChI=1S/C14H20ClFN2/c1-11-10-12(2-3-13(11)15)14(4-5-16)18-8-6-17-7-9-18/h2-3,10,14,17H,4-9H2,1H3/t14-/m0/s1. The second kappa shape index (κ2) is 6.50. The zero-order valence-corrected chi connectivity index (χ0v) is 11.5. The Morgan fingerprint density at radius 3 is 2.72 bits per heavy atom. The van der Waals surface area contributed by atoms with Crippen LogP contribution in [0.3, 0.4) is 0 Å². The number of rotatable bonds is 4. The topological polar surface area (TPSA) is 15.3 Å². The van der Waals surface area contributed by atoms with Gasteiger partial charge in [0.1, 0.15) is 0 Å². The Balaban J connectivity index is 2.19. The number of aryl methyl sites for hydroxylation is 1. The third kappa shape index (κ3) is 3.22. The summed E-state index contributed by atoms with van der Waals surface area (Å²) in [5, 5.41) is 4.10. The molecule has 4 heteroatoms. The van der Waals surface area contributed by atoms with Crippen LogP contribution in [0.25, 0.3) is 0 Å². The summed E-state index contributed by atoms with van der Waals surface area (Å²) < 4.78 is 12.8. The minimum Gasteiger partial charge on any atom is -0.314 e. The SMILES string of the molecule is Cc1cc([C@H](CCF)N2CCNCC2)ccc1Cl. The second-order valence-corrected chi connectivity index (χ2v) is 5.20. The maximum atomic E-state index is 12.8. The fourth-order valence-corrected chi connectivity index (χ4v) is 2.65. The molecule has 1 aromatic carbocycles. The number of nitrogens with one attached hydrogen (secondary N) is 1. The van der Waals surface area contributed by atoms with E-state index in [4.69, 9.17) is 11.6 Å². The third-order valence-electron chi connectivity index (χ3n) is 3.54. The van der Waals surface area contributed by atoms with Crippen molar-refractivity contribution in [2.75, 3.05) is 32.9 Å². The van der Waals surface area contributed by atoms with Gasteiger partial charge in [0.05, 0.1) is 6.67 Å². The first-order valence-electron chi connectivity index (χ1n) is 6.49. The van der Waals surface area contributed by atoms with Gasteiger partial charge in [-0.2, -0.15) is 0 Å². The van der Waals surface area contributed by atoms with Crippen LogP contribution in [0.5, 0.6) is 0 Å². The van der Waals surface area contributed by atoms with Crippen molar-refractivity contribution in [1.82, 2.24) is 10.2 Å². The number of nitrogens with zero attached hydrogens (tertiary/aromatic N) is 1. The molecule has 0 aromatic heterocycles. The number of hydrogen-bond acceptors (Lipinski definition) is 2. The van der Waals surface area contributed by atoms with E-state index in [2.05, 4.69) is 16.3 Å². The molecule has 18 heavy (non-hydrogen) atoms. The van der Waals surface area contributed by atoms with Gasteiger partial charge in [0.2, 0.25) is 0 Å². The van der Waals surface area contributed by atoms with Crippen molar-refractivity contribution in [3.8, 4) is 0 Å². The molecule has 2 nitrogen and oxygen atoms in total. The fraction of sp³-hybridized carbons (Fsp3) is 0.571. The molecule has 0 spiro atoms. The quantitative estimate of drug-likeness (QED) is 0.905. The van der Waals surface area contributed by atoms with Crippen LogP contribution in [0.4, 0.5) is 4.39 Å². The molecule has 0 bridgehead atoms. The number of halogens is 2. The Bertz CT molecular complexity index is 391. The molecule has 1 heterocycles. The number of benzene rings is 1. The molecule has 0 amide bonds. The monoisotopic (exact) mass is 270 g/mol. The predicted molar refractivity (Wildman–Crippen MR) is 74.0 cm³/mol. The molecule has 0 radical (unpaired) electrons. The molecule has 1 atom stereocenters. The normalized spacial score (nSPS) is 18.8. The number of hydrogen-bond donors (Lipinski definition) is 1. The van der Waals surface area contributed by atoms with Crippen LogP contribution in [0.1, 0.15) is 23.6 Å². The van der Waals surface area contributed by atoms with Crippen LogP contribution in [0, 0.1) is 6.92 Å². The third-order valence-corrected chi connectivity index (χ3v) is 3.97. The Morgan fingerprint density at radius 2 is 2.11 bits per heavy atom. The Morgan fingerprint density at radius 1 is 1.39 bits per heavy atom. The molecule has 0 unspecified atom stereocenters. The first-order chi connectivity index (χ1) is 8.72. The van der Waals surface area contributed by atoms with Crippen molar-refractivity contribution in [3.05, 3.63) is 34.3 Å². The summed E-state index contributed by atoms with van der Waals surface area (Å²) in [6.45, 7) is 5.63. The summed E-state index contributed by atoms with van der Waals surface area (Å²) >= 11 is 6.05. The Labute approximate surface area is 113 Å². The van der Waals surface area contributed by atoms with E-state index in [0.29, 0.717) is 6.42 Å². The van der Waals surface area contributed by atoms with Gasteiger partial charge in [-0.15, -0.1) is 0 Å². The van der Waals surface area contributed by atoms with Gasteiger partial charge in [0.25, 0.3) is 0 Å². The van der Waals surface area contributed by atoms with Gasteiger partial charge < -0.3 is 5.32 Å². The lowest BCUT2D eigenvalue weighted by molar-refractivity contribution is 0.157. The highest BCUT2D eigenvalue weighted by Gasteiger charge is 2.22. The van der Waals surface area contributed by atoms with Crippen LogP contribution in [-0.4, -0.2) is 37.8 Å². The lowest BCUT2D eigenvalue weighted by Crippen LogP contribution is -2.45. The fourth-order valence-electron chi connectivity index (χ4n) is 2.53. The summed E-state index contributed by atoms with van der Waals surface area (Å²) in [6.07, 6.45) is 0.557. The highest BCUT2D eigenvalue weighted by Crippen LogP contribution is 2.28. The summed E-state index contributed by atoms with van der Waals surface area (Å²) in [5.41, 5.74) is 2.24. The average molecular weight is 271 g/mol. The average Bonchev–Trinajstić information content (AvgIpc) is 2.40. The summed E-state index contributed by atoms with van der Waals surface area (Å²) in [6, 6.07) is 6.20. The number of alkyl halides is 1. The minimum atomic E-state index is -0.281. The molecule has 1 saturated heterocycles. The molecule has 1 aromatic rings. The molecule has 0 saturated carbocycles. The van der Waals surface area contributed by atoms with E-state index < -0.39 is 0 Å². The van der Waals surface area contributed by atoms with Crippen molar-refractivity contribution in [1.29, 1.82) is 0 Å². The van der Waals surface area contributed by atoms with Gasteiger partial charge in [-0.05, 0) is 30.5 Å². The van der Waals surface area contributed by atoms with Crippen LogP contribution < -0.4 is 5.32 Å². The van der Waals surface area contributed by atoms with Crippen molar-refractivity contribution in [2.45, 2.75) is 19.4 Å². The van der Waals surface area contributed by atoms with E-state index in [1.165, 1.54) is 5.56 Å². The molecular formula is C14H20ClFN2. The summed E-state index contributed by atoms with van der Waals surface area (Å²) in [5.74, 6) is 0. The zero-order valence-electron chi connectivity index (χ0n) is 10.8. The first-order valence-corrected chi connectivity index (χ1v) is 6.87. The van der Waals surface area contributed by atoms with E-state index in [0.717, 1.165) is 36.8 Å². The van der Waals surface area contributed by atoms with Gasteiger partial charge in [-0.3, -0.25) is 9.29 Å². The smallest absolute Gasteiger partial charge is 0.0912 e. The van der Waals surface area contributed by atoms with Crippen molar-refractivity contribution in [3.63, 3.8) is 0 Å². The van der Waals surface area contributed by atoms with Crippen LogP contribution in [0.15, 0.2) is 18.2 Å². The van der Waals surface area contributed by atoms with Crippen molar-refractivity contribution in [2.24, 2.45) is 0 Å². The van der Waals surface area contributed by atoms with E-state index in [-0.39, 0.29) is 12.7 Å². The highest BCUT2D eigenvalue weighted by atomic mass is 35.5. The van der Waals surface area contributed by atoms with Gasteiger partial charge in [0, 0.05) is 37.2 Å². The van der Waals surface area contributed by atoms with Crippen LogP contribution in [-0.2, 0) is 0 Å². The molecule has 100 valence electrons. The molecule has 2 rings (SSSR count). The summed E-state index contributed by atoms with van der Waals surface area (Å²) in [4.78, 5) is 2.36. The van der Waals surface area contributed by atoms with Gasteiger partial charge >= 0.3 is 0 Å². The van der Waals surface area contributed by atoms with Gasteiger partial charge in [0.15, 0.2) is 0 Å². The first kappa shape index (κ1) is 13.8. The molecule has 1 fully saturated rings. The predicted octanol–water partition coefficient (Wildman–Crippen LogP) is 2.95. The van der Waals surface area contributed by atoms with E-state index >= 15 is 0 Å². The highest BCUT2D eigenvalue weighted by molar-refractivity contribution is 6.31. The van der Waals surface area contributed by atoms with Gasteiger partial charge in [-0.25, -0.2) is 0 Å². The molecular weight excluding hydrogens is 251 g/mol. The molecule has 1 aliphatic rings. The zero-order chi connectivity index (χ0) is 13.0. The lowest BCUT2D eigenvalue weighted by atomic mass is 10.00. The van der Waals surface area contributed by atoms with Crippen LogP contribution >= 0.6 is 11.6 Å².